The average Bonchev–Trinajstić information content (AvgIpc) is 2.47. The molecule has 0 bridgehead atoms. The fourth-order valence-corrected chi connectivity index (χ4v) is 1.21. The van der Waals surface area contributed by atoms with Crippen LogP contribution in [0.2, 0.25) is 0 Å². The van der Waals surface area contributed by atoms with E-state index < -0.39 is 0 Å². The molecule has 1 heterocycles. The van der Waals surface area contributed by atoms with Gasteiger partial charge in [0.2, 0.25) is 0 Å². The summed E-state index contributed by atoms with van der Waals surface area (Å²) in [6.07, 6.45) is 3.81. The number of hydrogen-bond donors (Lipinski definition) is 2. The maximum atomic E-state index is 9.08. The average molecular weight is 199 g/mol. The summed E-state index contributed by atoms with van der Waals surface area (Å²) in [6, 6.07) is 0. The standard InChI is InChI=1S/C8H13N3OS/c1-6(12)2-4-11-5-3-10-8(11)7(9)13/h3,5-6,12H,2,4H2,1H3,(H2,9,13). The van der Waals surface area contributed by atoms with Crippen LogP contribution in [-0.2, 0) is 6.54 Å². The van der Waals surface area contributed by atoms with Crippen LogP contribution >= 0.6 is 12.2 Å². The fourth-order valence-electron chi connectivity index (χ4n) is 1.04. The van der Waals surface area contributed by atoms with Gasteiger partial charge in [-0.2, -0.15) is 0 Å². The number of thiocarbonyl (C=S) groups is 1. The van der Waals surface area contributed by atoms with E-state index in [0.717, 1.165) is 0 Å². The van der Waals surface area contributed by atoms with Gasteiger partial charge in [0.1, 0.15) is 4.99 Å². The predicted molar refractivity (Wildman–Crippen MR) is 54.4 cm³/mol. The molecule has 0 aliphatic carbocycles. The minimum atomic E-state index is -0.318. The zero-order valence-corrected chi connectivity index (χ0v) is 8.29. The third-order valence-corrected chi connectivity index (χ3v) is 1.91. The molecule has 1 unspecified atom stereocenters. The van der Waals surface area contributed by atoms with Crippen LogP contribution in [0.25, 0.3) is 0 Å². The van der Waals surface area contributed by atoms with Gasteiger partial charge in [0.15, 0.2) is 5.82 Å². The van der Waals surface area contributed by atoms with Gasteiger partial charge in [0.25, 0.3) is 0 Å². The van der Waals surface area contributed by atoms with E-state index in [1.807, 2.05) is 4.57 Å². The monoisotopic (exact) mass is 199 g/mol. The second-order valence-electron chi connectivity index (χ2n) is 2.95. The second-order valence-corrected chi connectivity index (χ2v) is 3.39. The smallest absolute Gasteiger partial charge is 0.167 e. The Morgan fingerprint density at radius 1 is 1.85 bits per heavy atom. The van der Waals surface area contributed by atoms with Gasteiger partial charge in [-0.15, -0.1) is 0 Å². The minimum absolute atomic E-state index is 0.288. The number of rotatable bonds is 4. The maximum absolute atomic E-state index is 9.08. The Kier molecular flexibility index (Phi) is 3.39. The van der Waals surface area contributed by atoms with E-state index in [1.165, 1.54) is 0 Å². The molecule has 0 aliphatic heterocycles. The Bertz CT molecular complexity index is 295. The van der Waals surface area contributed by atoms with E-state index >= 15 is 0 Å². The molecule has 0 radical (unpaired) electrons. The van der Waals surface area contributed by atoms with E-state index in [4.69, 9.17) is 23.1 Å². The van der Waals surface area contributed by atoms with Crippen LogP contribution < -0.4 is 5.73 Å². The Hall–Kier alpha value is -0.940. The quantitative estimate of drug-likeness (QED) is 0.684. The van der Waals surface area contributed by atoms with Crippen molar-refractivity contribution in [2.45, 2.75) is 26.0 Å². The molecule has 3 N–H and O–H groups in total. The van der Waals surface area contributed by atoms with Crippen molar-refractivity contribution in [3.05, 3.63) is 18.2 Å². The number of nitrogens with two attached hydrogens (primary N) is 1. The Balaban J connectivity index is 2.65. The zero-order valence-electron chi connectivity index (χ0n) is 7.47. The molecule has 1 atom stereocenters. The number of aliphatic hydroxyl groups is 1. The molecule has 0 spiro atoms. The summed E-state index contributed by atoms with van der Waals surface area (Å²) in [5, 5.41) is 9.08. The molecule has 0 saturated carbocycles. The van der Waals surface area contributed by atoms with E-state index in [1.54, 1.807) is 19.3 Å². The van der Waals surface area contributed by atoms with Gasteiger partial charge < -0.3 is 15.4 Å². The molecule has 72 valence electrons. The first-order valence-corrected chi connectivity index (χ1v) is 4.51. The molecule has 0 aliphatic rings. The number of imidazole rings is 1. The number of aryl methyl sites for hydroxylation is 1. The van der Waals surface area contributed by atoms with Crippen molar-refractivity contribution in [1.29, 1.82) is 0 Å². The predicted octanol–water partition coefficient (Wildman–Crippen LogP) is 0.288. The summed E-state index contributed by atoms with van der Waals surface area (Å²) in [5.74, 6) is 0.607. The van der Waals surface area contributed by atoms with Gasteiger partial charge in [-0.1, -0.05) is 12.2 Å². The number of nitrogens with zero attached hydrogens (tertiary/aromatic N) is 2. The molecule has 1 aromatic rings. The third kappa shape index (κ3) is 2.78. The summed E-state index contributed by atoms with van der Waals surface area (Å²) in [5.41, 5.74) is 5.45. The second kappa shape index (κ2) is 4.34. The van der Waals surface area contributed by atoms with E-state index in [-0.39, 0.29) is 11.1 Å². The fraction of sp³-hybridized carbons (Fsp3) is 0.500. The van der Waals surface area contributed by atoms with E-state index in [9.17, 15) is 0 Å². The van der Waals surface area contributed by atoms with E-state index in [0.29, 0.717) is 18.8 Å². The van der Waals surface area contributed by atoms with Gasteiger partial charge in [-0.25, -0.2) is 4.98 Å². The van der Waals surface area contributed by atoms with Crippen molar-refractivity contribution < 1.29 is 5.11 Å². The van der Waals surface area contributed by atoms with Gasteiger partial charge in [-0.05, 0) is 13.3 Å². The lowest BCUT2D eigenvalue weighted by atomic mass is 10.3. The molecule has 1 aromatic heterocycles. The third-order valence-electron chi connectivity index (χ3n) is 1.72. The van der Waals surface area contributed by atoms with Crippen molar-refractivity contribution in [1.82, 2.24) is 9.55 Å². The molecular weight excluding hydrogens is 186 g/mol. The van der Waals surface area contributed by atoms with Crippen LogP contribution in [0, 0.1) is 0 Å². The van der Waals surface area contributed by atoms with Crippen molar-refractivity contribution in [2.24, 2.45) is 5.73 Å². The summed E-state index contributed by atoms with van der Waals surface area (Å²) in [7, 11) is 0. The van der Waals surface area contributed by atoms with E-state index in [2.05, 4.69) is 4.98 Å². The lowest BCUT2D eigenvalue weighted by molar-refractivity contribution is 0.178. The van der Waals surface area contributed by atoms with Gasteiger partial charge in [0.05, 0.1) is 6.10 Å². The Morgan fingerprint density at radius 3 is 3.08 bits per heavy atom. The Morgan fingerprint density at radius 2 is 2.54 bits per heavy atom. The molecule has 1 rings (SSSR count). The van der Waals surface area contributed by atoms with Crippen LogP contribution in [0.15, 0.2) is 12.4 Å². The van der Waals surface area contributed by atoms with Gasteiger partial charge in [0, 0.05) is 18.9 Å². The normalized spacial score (nSPS) is 12.8. The molecule has 0 fully saturated rings. The topological polar surface area (TPSA) is 64.1 Å². The van der Waals surface area contributed by atoms with Crippen LogP contribution in [0.4, 0.5) is 0 Å². The molecule has 0 amide bonds. The summed E-state index contributed by atoms with van der Waals surface area (Å²) in [6.45, 7) is 2.43. The molecule has 13 heavy (non-hydrogen) atoms. The summed E-state index contributed by atoms with van der Waals surface area (Å²) in [4.78, 5) is 4.30. The first-order valence-electron chi connectivity index (χ1n) is 4.10. The summed E-state index contributed by atoms with van der Waals surface area (Å²) >= 11 is 4.82. The van der Waals surface area contributed by atoms with Crippen molar-refractivity contribution in [2.75, 3.05) is 0 Å². The molecule has 0 aromatic carbocycles. The lowest BCUT2D eigenvalue weighted by Gasteiger charge is -2.07. The SMILES string of the molecule is CC(O)CCn1ccnc1C(N)=S. The highest BCUT2D eigenvalue weighted by atomic mass is 32.1. The largest absolute Gasteiger partial charge is 0.393 e. The van der Waals surface area contributed by atoms with Gasteiger partial charge >= 0.3 is 0 Å². The van der Waals surface area contributed by atoms with Crippen LogP contribution in [0.5, 0.6) is 0 Å². The van der Waals surface area contributed by atoms with Crippen molar-refractivity contribution in [3.63, 3.8) is 0 Å². The maximum Gasteiger partial charge on any atom is 0.167 e. The zero-order chi connectivity index (χ0) is 9.84. The molecular formula is C8H13N3OS. The highest BCUT2D eigenvalue weighted by Crippen LogP contribution is 2.01. The highest BCUT2D eigenvalue weighted by molar-refractivity contribution is 7.80. The number of hydrogen-bond acceptors (Lipinski definition) is 3. The van der Waals surface area contributed by atoms with Crippen LogP contribution in [0.3, 0.4) is 0 Å². The first-order chi connectivity index (χ1) is 6.11. The van der Waals surface area contributed by atoms with Crippen molar-refractivity contribution in [3.8, 4) is 0 Å². The van der Waals surface area contributed by atoms with Crippen LogP contribution in [-0.4, -0.2) is 25.8 Å². The minimum Gasteiger partial charge on any atom is -0.393 e. The number of aliphatic hydroxyl groups excluding tert-OH is 1. The first kappa shape index (κ1) is 10.1. The lowest BCUT2D eigenvalue weighted by Crippen LogP contribution is -2.18. The summed E-state index contributed by atoms with van der Waals surface area (Å²) < 4.78 is 1.84. The number of aromatic nitrogens is 2. The van der Waals surface area contributed by atoms with Gasteiger partial charge in [-0.3, -0.25) is 0 Å². The highest BCUT2D eigenvalue weighted by Gasteiger charge is 2.05. The van der Waals surface area contributed by atoms with Crippen molar-refractivity contribution >= 4 is 17.2 Å². The van der Waals surface area contributed by atoms with Crippen LogP contribution in [0.1, 0.15) is 19.2 Å². The molecule has 4 nitrogen and oxygen atoms in total. The Labute approximate surface area is 82.4 Å². The molecule has 5 heteroatoms. The molecule has 0 saturated heterocycles.